The lowest BCUT2D eigenvalue weighted by Crippen LogP contribution is -2.43. The Hall–Kier alpha value is -4.45. The third-order valence-electron chi connectivity index (χ3n) is 7.87. The highest BCUT2D eigenvalue weighted by Crippen LogP contribution is 2.33. The van der Waals surface area contributed by atoms with Crippen LogP contribution in [0.25, 0.3) is 11.2 Å². The van der Waals surface area contributed by atoms with Crippen LogP contribution in [-0.2, 0) is 9.53 Å². The number of methoxy groups -OCH3 is 1. The van der Waals surface area contributed by atoms with Gasteiger partial charge in [-0.05, 0) is 49.7 Å². The number of carbonyl (C=O) groups excluding carboxylic acids is 2. The number of likely N-dealkylation sites (tertiary alicyclic amines) is 1. The number of imidazole rings is 1. The number of aromatic nitrogens is 4. The van der Waals surface area contributed by atoms with Crippen LogP contribution in [-0.4, -0.2) is 91.2 Å². The van der Waals surface area contributed by atoms with Crippen molar-refractivity contribution in [1.29, 1.82) is 0 Å². The molecule has 0 radical (unpaired) electrons. The largest absolute Gasteiger partial charge is 0.493 e. The fourth-order valence-corrected chi connectivity index (χ4v) is 5.25. The maximum absolute atomic E-state index is 12.6. The Morgan fingerprint density at radius 3 is 2.58 bits per heavy atom. The van der Waals surface area contributed by atoms with E-state index < -0.39 is 36.5 Å². The van der Waals surface area contributed by atoms with Crippen molar-refractivity contribution in [3.05, 3.63) is 36.4 Å². The molecule has 43 heavy (non-hydrogen) atoms. The van der Waals surface area contributed by atoms with Gasteiger partial charge in [-0.2, -0.15) is 0 Å². The van der Waals surface area contributed by atoms with Gasteiger partial charge in [-0.1, -0.05) is 18.1 Å². The molecule has 3 aliphatic rings. The Bertz CT molecular complexity index is 1570. The Balaban J connectivity index is 1.08. The van der Waals surface area contributed by atoms with Gasteiger partial charge in [0.25, 0.3) is 5.91 Å². The van der Waals surface area contributed by atoms with E-state index in [0.29, 0.717) is 31.0 Å². The minimum absolute atomic E-state index is 0.0792. The monoisotopic (exact) mass is 591 g/mol. The zero-order chi connectivity index (χ0) is 30.1. The van der Waals surface area contributed by atoms with Gasteiger partial charge in [0.05, 0.1) is 13.4 Å². The molecule has 14 nitrogen and oxygen atoms in total. The number of aliphatic hydroxyl groups excluding tert-OH is 2. The van der Waals surface area contributed by atoms with Crippen molar-refractivity contribution in [1.82, 2.24) is 29.7 Å². The van der Waals surface area contributed by atoms with E-state index in [1.54, 1.807) is 29.2 Å². The molecule has 3 aromatic rings. The standard InChI is InChI=1S/C29H33N7O7/c1-41-18-6-2-3-7-19(18)42-29(40)35-13-11-16(12-14-35)5-4-8-20-33-25(30)21-26(34-20)36(15-31-21)28-23(38)22(37)24(43-28)27(39)32-17-9-10-17/h2-3,6-7,15-17,22-24,28,37-38H,5,9-14H2,1H3,(H,32,39)(H2,30,33,34)/t22?,23-,24-,28+/m0/s1. The molecule has 226 valence electrons. The highest BCUT2D eigenvalue weighted by atomic mass is 16.6. The number of nitrogens with one attached hydrogen (secondary N) is 1. The number of hydrogen-bond donors (Lipinski definition) is 4. The van der Waals surface area contributed by atoms with E-state index in [-0.39, 0.29) is 34.8 Å². The van der Waals surface area contributed by atoms with E-state index in [2.05, 4.69) is 32.1 Å². The molecule has 2 saturated heterocycles. The molecule has 0 bridgehead atoms. The lowest BCUT2D eigenvalue weighted by molar-refractivity contribution is -0.137. The minimum Gasteiger partial charge on any atom is -0.493 e. The Kier molecular flexibility index (Phi) is 8.02. The molecule has 1 unspecified atom stereocenters. The van der Waals surface area contributed by atoms with E-state index in [4.69, 9.17) is 19.9 Å². The number of piperidine rings is 1. The Labute approximate surface area is 247 Å². The van der Waals surface area contributed by atoms with E-state index in [9.17, 15) is 19.8 Å². The first-order chi connectivity index (χ1) is 20.8. The van der Waals surface area contributed by atoms with Crippen LogP contribution in [0.4, 0.5) is 10.6 Å². The molecule has 1 saturated carbocycles. The first-order valence-electron chi connectivity index (χ1n) is 14.2. The van der Waals surface area contributed by atoms with Crippen LogP contribution < -0.4 is 20.5 Å². The summed E-state index contributed by atoms with van der Waals surface area (Å²) >= 11 is 0. The predicted molar refractivity (Wildman–Crippen MR) is 152 cm³/mol. The van der Waals surface area contributed by atoms with Crippen LogP contribution in [0.2, 0.25) is 0 Å². The molecule has 4 atom stereocenters. The summed E-state index contributed by atoms with van der Waals surface area (Å²) in [5, 5.41) is 24.0. The van der Waals surface area contributed by atoms with Gasteiger partial charge < -0.3 is 40.4 Å². The van der Waals surface area contributed by atoms with Crippen LogP contribution in [0.5, 0.6) is 11.5 Å². The quantitative estimate of drug-likeness (QED) is 0.299. The Morgan fingerprint density at radius 1 is 1.12 bits per heavy atom. The Morgan fingerprint density at radius 2 is 1.86 bits per heavy atom. The second-order valence-corrected chi connectivity index (χ2v) is 10.9. The van der Waals surface area contributed by atoms with Crippen molar-refractivity contribution in [3.63, 3.8) is 0 Å². The molecule has 1 aromatic carbocycles. The smallest absolute Gasteiger partial charge is 0.415 e. The number of ether oxygens (including phenoxy) is 3. The number of para-hydroxylation sites is 2. The number of aliphatic hydroxyl groups is 2. The van der Waals surface area contributed by atoms with E-state index >= 15 is 0 Å². The summed E-state index contributed by atoms with van der Waals surface area (Å²) in [7, 11) is 1.53. The molecule has 6 rings (SSSR count). The molecule has 5 N–H and O–H groups in total. The highest BCUT2D eigenvalue weighted by Gasteiger charge is 2.48. The van der Waals surface area contributed by atoms with Crippen LogP contribution in [0.15, 0.2) is 30.6 Å². The molecular weight excluding hydrogens is 558 g/mol. The van der Waals surface area contributed by atoms with Crippen LogP contribution >= 0.6 is 0 Å². The van der Waals surface area contributed by atoms with Gasteiger partial charge in [-0.3, -0.25) is 9.36 Å². The van der Waals surface area contributed by atoms with Gasteiger partial charge in [0.15, 0.2) is 35.3 Å². The summed E-state index contributed by atoms with van der Waals surface area (Å²) in [6, 6.07) is 7.09. The second kappa shape index (κ2) is 12.0. The number of nitrogen functional groups attached to an aromatic ring is 1. The van der Waals surface area contributed by atoms with Crippen LogP contribution in [0.3, 0.4) is 0 Å². The van der Waals surface area contributed by atoms with Crippen molar-refractivity contribution in [2.75, 3.05) is 25.9 Å². The van der Waals surface area contributed by atoms with Crippen molar-refractivity contribution < 1.29 is 34.0 Å². The summed E-state index contributed by atoms with van der Waals surface area (Å²) in [4.78, 5) is 39.8. The second-order valence-electron chi connectivity index (χ2n) is 10.9. The van der Waals surface area contributed by atoms with Crippen LogP contribution in [0.1, 0.15) is 44.2 Å². The predicted octanol–water partition coefficient (Wildman–Crippen LogP) is 0.968. The molecule has 2 aliphatic heterocycles. The fraction of sp³-hybridized carbons (Fsp3) is 0.483. The van der Waals surface area contributed by atoms with Gasteiger partial charge in [-0.15, -0.1) is 0 Å². The number of nitrogens with two attached hydrogens (primary N) is 1. The topological polar surface area (TPSA) is 187 Å². The van der Waals surface area contributed by atoms with Gasteiger partial charge in [0.2, 0.25) is 5.82 Å². The number of hydrogen-bond acceptors (Lipinski definition) is 11. The number of benzene rings is 1. The normalized spacial score (nSPS) is 23.9. The molecule has 2 aromatic heterocycles. The summed E-state index contributed by atoms with van der Waals surface area (Å²) < 4.78 is 18.0. The van der Waals surface area contributed by atoms with E-state index in [1.165, 1.54) is 18.0 Å². The van der Waals surface area contributed by atoms with Gasteiger partial charge in [0, 0.05) is 25.6 Å². The third kappa shape index (κ3) is 6.05. The number of nitrogens with zero attached hydrogens (tertiary/aromatic N) is 5. The number of carbonyl (C=O) groups is 2. The minimum atomic E-state index is -1.42. The zero-order valence-corrected chi connectivity index (χ0v) is 23.5. The first kappa shape index (κ1) is 28.7. The SMILES string of the molecule is COc1ccccc1OC(=O)N1CCC(CC#Cc2nc(N)c3ncn([C@@H]4O[C@H](C(=O)NC5CC5)C(O)[C@@H]4O)c3n2)CC1. The van der Waals surface area contributed by atoms with Crippen LogP contribution in [0, 0.1) is 17.8 Å². The van der Waals surface area contributed by atoms with E-state index in [0.717, 1.165) is 25.7 Å². The van der Waals surface area contributed by atoms with Crippen molar-refractivity contribution >= 4 is 29.0 Å². The molecule has 14 heteroatoms. The fourth-order valence-electron chi connectivity index (χ4n) is 5.25. The lowest BCUT2D eigenvalue weighted by Gasteiger charge is -2.30. The maximum atomic E-state index is 12.6. The third-order valence-corrected chi connectivity index (χ3v) is 7.87. The number of fused-ring (bicyclic) bond motifs is 1. The van der Waals surface area contributed by atoms with E-state index in [1.807, 2.05) is 0 Å². The maximum Gasteiger partial charge on any atom is 0.415 e. The summed E-state index contributed by atoms with van der Waals surface area (Å²) in [5.41, 5.74) is 6.68. The average Bonchev–Trinajstić information content (AvgIpc) is 3.64. The highest BCUT2D eigenvalue weighted by molar-refractivity contribution is 5.83. The van der Waals surface area contributed by atoms with Gasteiger partial charge >= 0.3 is 6.09 Å². The zero-order valence-electron chi connectivity index (χ0n) is 23.5. The summed E-state index contributed by atoms with van der Waals surface area (Å²) in [5.74, 6) is 7.03. The van der Waals surface area contributed by atoms with Crippen molar-refractivity contribution in [2.24, 2.45) is 5.92 Å². The summed E-state index contributed by atoms with van der Waals surface area (Å²) in [6.45, 7) is 1.09. The first-order valence-corrected chi connectivity index (χ1v) is 14.2. The lowest BCUT2D eigenvalue weighted by atomic mass is 9.94. The number of rotatable bonds is 6. The van der Waals surface area contributed by atoms with Gasteiger partial charge in [0.1, 0.15) is 17.7 Å². The number of anilines is 1. The molecule has 1 aliphatic carbocycles. The van der Waals surface area contributed by atoms with Gasteiger partial charge in [-0.25, -0.2) is 19.7 Å². The average molecular weight is 592 g/mol. The molecule has 4 heterocycles. The molecule has 0 spiro atoms. The van der Waals surface area contributed by atoms with Crippen molar-refractivity contribution in [3.8, 4) is 23.3 Å². The summed E-state index contributed by atoms with van der Waals surface area (Å²) in [6.07, 6.45) is -0.330. The molecule has 2 amide bonds. The van der Waals surface area contributed by atoms with Crippen molar-refractivity contribution in [2.45, 2.75) is 62.7 Å². The molecular formula is C29H33N7O7. The molecule has 3 fully saturated rings. The number of amides is 2.